The van der Waals surface area contributed by atoms with Crippen molar-refractivity contribution >= 4 is 11.9 Å². The van der Waals surface area contributed by atoms with Crippen LogP contribution in [0.5, 0.6) is 0 Å². The molecule has 16 heavy (non-hydrogen) atoms. The van der Waals surface area contributed by atoms with Crippen molar-refractivity contribution in [2.24, 2.45) is 11.3 Å². The molecule has 0 spiro atoms. The topological polar surface area (TPSA) is 52.6 Å². The number of ether oxygens (including phenoxy) is 2. The van der Waals surface area contributed by atoms with Crippen molar-refractivity contribution in [1.82, 2.24) is 0 Å². The van der Waals surface area contributed by atoms with Crippen molar-refractivity contribution in [3.8, 4) is 0 Å². The Morgan fingerprint density at radius 3 is 2.25 bits per heavy atom. The molecule has 0 fully saturated rings. The Morgan fingerprint density at radius 1 is 1.31 bits per heavy atom. The quantitative estimate of drug-likeness (QED) is 0.656. The molecular formula is C12H22O4. The van der Waals surface area contributed by atoms with E-state index in [1.807, 2.05) is 13.8 Å². The fourth-order valence-corrected chi connectivity index (χ4v) is 1.21. The second-order valence-electron chi connectivity index (χ2n) is 4.48. The first-order valence-corrected chi connectivity index (χ1v) is 5.62. The van der Waals surface area contributed by atoms with Gasteiger partial charge in [0.25, 0.3) is 0 Å². The van der Waals surface area contributed by atoms with Gasteiger partial charge in [-0.3, -0.25) is 9.59 Å². The van der Waals surface area contributed by atoms with Crippen LogP contribution in [0.15, 0.2) is 0 Å². The number of esters is 2. The van der Waals surface area contributed by atoms with Crippen LogP contribution in [0, 0.1) is 11.3 Å². The average Bonchev–Trinajstić information content (AvgIpc) is 2.27. The van der Waals surface area contributed by atoms with Crippen LogP contribution in [0.2, 0.25) is 0 Å². The molecule has 4 nitrogen and oxygen atoms in total. The molecule has 0 bridgehead atoms. The average molecular weight is 230 g/mol. The van der Waals surface area contributed by atoms with E-state index >= 15 is 0 Å². The molecule has 1 atom stereocenters. The first kappa shape index (κ1) is 14.9. The zero-order valence-corrected chi connectivity index (χ0v) is 10.8. The minimum atomic E-state index is -0.563. The van der Waals surface area contributed by atoms with Crippen LogP contribution >= 0.6 is 0 Å². The highest BCUT2D eigenvalue weighted by Crippen LogP contribution is 2.27. The molecule has 0 radical (unpaired) electrons. The van der Waals surface area contributed by atoms with Gasteiger partial charge in [0.05, 0.1) is 25.0 Å². The van der Waals surface area contributed by atoms with E-state index in [1.54, 1.807) is 13.8 Å². The number of carbonyl (C=O) groups is 2. The number of hydrogen-bond acceptors (Lipinski definition) is 4. The maximum Gasteiger partial charge on any atom is 0.311 e. The van der Waals surface area contributed by atoms with Crippen LogP contribution < -0.4 is 0 Å². The second kappa shape index (κ2) is 6.51. The smallest absolute Gasteiger partial charge is 0.311 e. The van der Waals surface area contributed by atoms with Crippen LogP contribution in [-0.4, -0.2) is 25.7 Å². The second-order valence-corrected chi connectivity index (χ2v) is 4.48. The third-order valence-electron chi connectivity index (χ3n) is 2.83. The normalized spacial score (nSPS) is 14.4. The highest BCUT2D eigenvalue weighted by Gasteiger charge is 2.32. The molecule has 0 aromatic heterocycles. The van der Waals surface area contributed by atoms with Crippen molar-refractivity contribution in [2.75, 3.05) is 13.7 Å². The summed E-state index contributed by atoms with van der Waals surface area (Å²) in [5, 5.41) is 0. The SMILES string of the molecule is CCC(C)(CCOC(=O)C(C)C)C(=O)OC. The van der Waals surface area contributed by atoms with Gasteiger partial charge in [-0.1, -0.05) is 20.8 Å². The summed E-state index contributed by atoms with van der Waals surface area (Å²) in [5.41, 5.74) is -0.563. The zero-order chi connectivity index (χ0) is 12.8. The van der Waals surface area contributed by atoms with Crippen LogP contribution in [-0.2, 0) is 19.1 Å². The summed E-state index contributed by atoms with van der Waals surface area (Å²) in [4.78, 5) is 22.7. The predicted molar refractivity (Wildman–Crippen MR) is 60.8 cm³/mol. The van der Waals surface area contributed by atoms with Gasteiger partial charge in [0.1, 0.15) is 0 Å². The van der Waals surface area contributed by atoms with Crippen molar-refractivity contribution in [3.05, 3.63) is 0 Å². The van der Waals surface area contributed by atoms with Gasteiger partial charge in [0.15, 0.2) is 0 Å². The molecule has 0 aliphatic rings. The summed E-state index contributed by atoms with van der Waals surface area (Å²) in [6.07, 6.45) is 1.16. The van der Waals surface area contributed by atoms with Gasteiger partial charge in [0, 0.05) is 0 Å². The third-order valence-corrected chi connectivity index (χ3v) is 2.83. The predicted octanol–water partition coefficient (Wildman–Crippen LogP) is 2.17. The standard InChI is InChI=1S/C12H22O4/c1-6-12(4,11(14)15-5)7-8-16-10(13)9(2)3/h9H,6-8H2,1-5H3. The lowest BCUT2D eigenvalue weighted by Crippen LogP contribution is -2.30. The molecule has 0 saturated carbocycles. The van der Waals surface area contributed by atoms with Gasteiger partial charge in [-0.25, -0.2) is 0 Å². The molecule has 1 unspecified atom stereocenters. The largest absolute Gasteiger partial charge is 0.469 e. The highest BCUT2D eigenvalue weighted by atomic mass is 16.5. The first-order chi connectivity index (χ1) is 7.37. The van der Waals surface area contributed by atoms with Gasteiger partial charge >= 0.3 is 11.9 Å². The third kappa shape index (κ3) is 4.21. The summed E-state index contributed by atoms with van der Waals surface area (Å²) in [7, 11) is 1.37. The van der Waals surface area contributed by atoms with Gasteiger partial charge in [-0.2, -0.15) is 0 Å². The van der Waals surface area contributed by atoms with Crippen LogP contribution in [0.1, 0.15) is 40.5 Å². The molecule has 4 heteroatoms. The van der Waals surface area contributed by atoms with Crippen LogP contribution in [0.3, 0.4) is 0 Å². The Hall–Kier alpha value is -1.06. The Balaban J connectivity index is 4.16. The van der Waals surface area contributed by atoms with Crippen molar-refractivity contribution in [3.63, 3.8) is 0 Å². The zero-order valence-electron chi connectivity index (χ0n) is 10.8. The van der Waals surface area contributed by atoms with Gasteiger partial charge in [-0.15, -0.1) is 0 Å². The van der Waals surface area contributed by atoms with Gasteiger partial charge < -0.3 is 9.47 Å². The van der Waals surface area contributed by atoms with Crippen LogP contribution in [0.4, 0.5) is 0 Å². The summed E-state index contributed by atoms with van der Waals surface area (Å²) in [6, 6.07) is 0. The molecule has 94 valence electrons. The lowest BCUT2D eigenvalue weighted by atomic mass is 9.84. The van der Waals surface area contributed by atoms with Gasteiger partial charge in [-0.05, 0) is 19.8 Å². The maximum absolute atomic E-state index is 11.5. The van der Waals surface area contributed by atoms with E-state index in [0.29, 0.717) is 12.8 Å². The fourth-order valence-electron chi connectivity index (χ4n) is 1.21. The minimum absolute atomic E-state index is 0.133. The van der Waals surface area contributed by atoms with E-state index in [0.717, 1.165) is 0 Å². The molecule has 0 saturated heterocycles. The van der Waals surface area contributed by atoms with E-state index in [2.05, 4.69) is 0 Å². The molecular weight excluding hydrogens is 208 g/mol. The molecule has 0 aliphatic heterocycles. The van der Waals surface area contributed by atoms with Crippen molar-refractivity contribution in [2.45, 2.75) is 40.5 Å². The Labute approximate surface area is 97.3 Å². The Morgan fingerprint density at radius 2 is 1.88 bits per heavy atom. The van der Waals surface area contributed by atoms with E-state index in [9.17, 15) is 9.59 Å². The van der Waals surface area contributed by atoms with E-state index in [1.165, 1.54) is 7.11 Å². The number of carbonyl (C=O) groups excluding carboxylic acids is 2. The molecule has 0 heterocycles. The summed E-state index contributed by atoms with van der Waals surface area (Å²) >= 11 is 0. The van der Waals surface area contributed by atoms with E-state index < -0.39 is 5.41 Å². The lowest BCUT2D eigenvalue weighted by molar-refractivity contribution is -0.156. The van der Waals surface area contributed by atoms with Gasteiger partial charge in [0.2, 0.25) is 0 Å². The molecule has 0 amide bonds. The molecule has 0 aromatic carbocycles. The number of hydrogen-bond donors (Lipinski definition) is 0. The van der Waals surface area contributed by atoms with E-state index in [-0.39, 0.29) is 24.5 Å². The minimum Gasteiger partial charge on any atom is -0.469 e. The molecule has 0 N–H and O–H groups in total. The summed E-state index contributed by atoms with van der Waals surface area (Å²) < 4.78 is 9.78. The summed E-state index contributed by atoms with van der Waals surface area (Å²) in [6.45, 7) is 7.56. The highest BCUT2D eigenvalue weighted by molar-refractivity contribution is 5.76. The Bertz CT molecular complexity index is 247. The molecule has 0 aliphatic carbocycles. The maximum atomic E-state index is 11.5. The first-order valence-electron chi connectivity index (χ1n) is 5.62. The van der Waals surface area contributed by atoms with E-state index in [4.69, 9.17) is 9.47 Å². The summed E-state index contributed by atoms with van der Waals surface area (Å²) in [5.74, 6) is -0.620. The monoisotopic (exact) mass is 230 g/mol. The fraction of sp³-hybridized carbons (Fsp3) is 0.833. The number of methoxy groups -OCH3 is 1. The Kier molecular flexibility index (Phi) is 6.08. The number of rotatable bonds is 6. The van der Waals surface area contributed by atoms with Crippen molar-refractivity contribution in [1.29, 1.82) is 0 Å². The molecule has 0 aromatic rings. The van der Waals surface area contributed by atoms with Crippen LogP contribution in [0.25, 0.3) is 0 Å². The lowest BCUT2D eigenvalue weighted by Gasteiger charge is -2.24. The van der Waals surface area contributed by atoms with Crippen molar-refractivity contribution < 1.29 is 19.1 Å². The molecule has 0 rings (SSSR count).